The largest absolute Gasteiger partial charge is 0.330 e. The zero-order valence-electron chi connectivity index (χ0n) is 6.85. The number of hydrogen-bond donors (Lipinski definition) is 1. The molecule has 0 fully saturated rings. The number of hydrogen-bond acceptors (Lipinski definition) is 1. The molecule has 0 bridgehead atoms. The topological polar surface area (TPSA) is 26.0 Å². The lowest BCUT2D eigenvalue weighted by Gasteiger charge is -2.16. The summed E-state index contributed by atoms with van der Waals surface area (Å²) < 4.78 is 0. The average molecular weight is 129 g/mol. The van der Waals surface area contributed by atoms with Crippen molar-refractivity contribution in [3.05, 3.63) is 0 Å². The number of nitrogens with two attached hydrogens (primary N) is 1. The van der Waals surface area contributed by atoms with Gasteiger partial charge in [-0.3, -0.25) is 0 Å². The van der Waals surface area contributed by atoms with E-state index >= 15 is 0 Å². The van der Waals surface area contributed by atoms with Crippen molar-refractivity contribution in [2.75, 3.05) is 6.54 Å². The van der Waals surface area contributed by atoms with E-state index in [2.05, 4.69) is 20.8 Å². The molecule has 0 radical (unpaired) electrons. The van der Waals surface area contributed by atoms with Gasteiger partial charge in [-0.25, -0.2) is 0 Å². The summed E-state index contributed by atoms with van der Waals surface area (Å²) in [6.07, 6.45) is 2.45. The van der Waals surface area contributed by atoms with Gasteiger partial charge in [0.1, 0.15) is 0 Å². The van der Waals surface area contributed by atoms with Gasteiger partial charge in [0.05, 0.1) is 0 Å². The summed E-state index contributed by atoms with van der Waals surface area (Å²) in [4.78, 5) is 0. The van der Waals surface area contributed by atoms with Crippen LogP contribution in [0.4, 0.5) is 0 Å². The third-order valence-electron chi connectivity index (χ3n) is 2.24. The molecule has 2 atom stereocenters. The van der Waals surface area contributed by atoms with Crippen LogP contribution in [-0.2, 0) is 0 Å². The van der Waals surface area contributed by atoms with Gasteiger partial charge >= 0.3 is 0 Å². The molecule has 56 valence electrons. The molecule has 9 heavy (non-hydrogen) atoms. The van der Waals surface area contributed by atoms with Crippen molar-refractivity contribution in [3.63, 3.8) is 0 Å². The van der Waals surface area contributed by atoms with Crippen LogP contribution in [0.2, 0.25) is 0 Å². The van der Waals surface area contributed by atoms with Gasteiger partial charge in [-0.2, -0.15) is 0 Å². The van der Waals surface area contributed by atoms with E-state index < -0.39 is 0 Å². The molecule has 0 aliphatic carbocycles. The summed E-state index contributed by atoms with van der Waals surface area (Å²) in [5.74, 6) is 1.65. The summed E-state index contributed by atoms with van der Waals surface area (Å²) >= 11 is 0. The lowest BCUT2D eigenvalue weighted by Crippen LogP contribution is -2.12. The highest BCUT2D eigenvalue weighted by atomic mass is 14.5. The van der Waals surface area contributed by atoms with Gasteiger partial charge in [0.25, 0.3) is 0 Å². The Balaban J connectivity index is 3.32. The molecule has 0 rings (SSSR count). The highest BCUT2D eigenvalue weighted by Crippen LogP contribution is 2.16. The molecule has 0 aliphatic rings. The molecule has 0 aromatic rings. The van der Waals surface area contributed by atoms with Crippen molar-refractivity contribution in [2.24, 2.45) is 17.6 Å². The summed E-state index contributed by atoms with van der Waals surface area (Å²) in [7, 11) is 0. The van der Waals surface area contributed by atoms with Gasteiger partial charge in [0.15, 0.2) is 0 Å². The predicted octanol–water partition coefficient (Wildman–Crippen LogP) is 2.02. The van der Waals surface area contributed by atoms with Crippen LogP contribution in [0.1, 0.15) is 33.6 Å². The average Bonchev–Trinajstić information content (AvgIpc) is 1.87. The molecule has 2 N–H and O–H groups in total. The maximum Gasteiger partial charge on any atom is -0.00746 e. The molecule has 0 aliphatic heterocycles. The van der Waals surface area contributed by atoms with Crippen LogP contribution < -0.4 is 5.73 Å². The first-order valence-corrected chi connectivity index (χ1v) is 3.92. The van der Waals surface area contributed by atoms with Crippen LogP contribution in [0.5, 0.6) is 0 Å². The van der Waals surface area contributed by atoms with Crippen molar-refractivity contribution in [1.29, 1.82) is 0 Å². The molecule has 0 aromatic carbocycles. The van der Waals surface area contributed by atoms with Crippen molar-refractivity contribution < 1.29 is 0 Å². The van der Waals surface area contributed by atoms with E-state index in [0.29, 0.717) is 0 Å². The van der Waals surface area contributed by atoms with Crippen LogP contribution in [0, 0.1) is 11.8 Å². The Labute approximate surface area is 58.6 Å². The van der Waals surface area contributed by atoms with Crippen LogP contribution >= 0.6 is 0 Å². The smallest absolute Gasteiger partial charge is 0.00746 e. The molecule has 0 heterocycles. The third-order valence-corrected chi connectivity index (χ3v) is 2.24. The maximum absolute atomic E-state index is 5.42. The molecule has 0 saturated carbocycles. The van der Waals surface area contributed by atoms with Gasteiger partial charge in [-0.15, -0.1) is 0 Å². The standard InChI is InChI=1S/C8H19N/c1-4-7(2)8(3)5-6-9/h7-8H,4-6,9H2,1-3H3. The predicted molar refractivity (Wildman–Crippen MR) is 42.3 cm³/mol. The van der Waals surface area contributed by atoms with Gasteiger partial charge in [0, 0.05) is 0 Å². The summed E-state index contributed by atoms with van der Waals surface area (Å²) in [6.45, 7) is 7.64. The molecule has 0 saturated heterocycles. The molecular weight excluding hydrogens is 110 g/mol. The second kappa shape index (κ2) is 4.80. The fourth-order valence-corrected chi connectivity index (χ4v) is 0.950. The van der Waals surface area contributed by atoms with Crippen molar-refractivity contribution in [1.82, 2.24) is 0 Å². The quantitative estimate of drug-likeness (QED) is 0.617. The minimum atomic E-state index is 0.806. The monoisotopic (exact) mass is 129 g/mol. The summed E-state index contributed by atoms with van der Waals surface area (Å²) in [6, 6.07) is 0. The third kappa shape index (κ3) is 3.52. The second-order valence-electron chi connectivity index (χ2n) is 2.94. The summed E-state index contributed by atoms with van der Waals surface area (Å²) in [5, 5.41) is 0. The van der Waals surface area contributed by atoms with Crippen LogP contribution in [0.3, 0.4) is 0 Å². The van der Waals surface area contributed by atoms with Gasteiger partial charge in [0.2, 0.25) is 0 Å². The van der Waals surface area contributed by atoms with E-state index in [9.17, 15) is 0 Å². The highest BCUT2D eigenvalue weighted by Gasteiger charge is 2.07. The van der Waals surface area contributed by atoms with E-state index in [-0.39, 0.29) is 0 Å². The molecule has 0 aromatic heterocycles. The Morgan fingerprint density at radius 1 is 1.22 bits per heavy atom. The van der Waals surface area contributed by atoms with Crippen LogP contribution in [-0.4, -0.2) is 6.54 Å². The molecule has 0 amide bonds. The Bertz CT molecular complexity index is 61.6. The first-order chi connectivity index (χ1) is 4.22. The molecule has 2 unspecified atom stereocenters. The van der Waals surface area contributed by atoms with E-state index in [1.807, 2.05) is 0 Å². The molecule has 0 spiro atoms. The normalized spacial score (nSPS) is 17.3. The highest BCUT2D eigenvalue weighted by molar-refractivity contribution is 4.59. The van der Waals surface area contributed by atoms with E-state index in [0.717, 1.165) is 18.4 Å². The van der Waals surface area contributed by atoms with Gasteiger partial charge in [-0.1, -0.05) is 27.2 Å². The van der Waals surface area contributed by atoms with E-state index in [1.54, 1.807) is 0 Å². The first-order valence-electron chi connectivity index (χ1n) is 3.92. The van der Waals surface area contributed by atoms with Crippen LogP contribution in [0.25, 0.3) is 0 Å². The van der Waals surface area contributed by atoms with E-state index in [1.165, 1.54) is 12.8 Å². The second-order valence-corrected chi connectivity index (χ2v) is 2.94. The molecule has 1 heteroatoms. The Hall–Kier alpha value is -0.0400. The maximum atomic E-state index is 5.42. The van der Waals surface area contributed by atoms with Crippen LogP contribution in [0.15, 0.2) is 0 Å². The van der Waals surface area contributed by atoms with Gasteiger partial charge < -0.3 is 5.73 Å². The Morgan fingerprint density at radius 3 is 2.11 bits per heavy atom. The Kier molecular flexibility index (Phi) is 4.78. The molecule has 1 nitrogen and oxygen atoms in total. The lowest BCUT2D eigenvalue weighted by molar-refractivity contribution is 0.359. The van der Waals surface area contributed by atoms with Gasteiger partial charge in [-0.05, 0) is 24.8 Å². The zero-order chi connectivity index (χ0) is 7.28. The van der Waals surface area contributed by atoms with Crippen molar-refractivity contribution in [3.8, 4) is 0 Å². The fraction of sp³-hybridized carbons (Fsp3) is 1.00. The summed E-state index contributed by atoms with van der Waals surface area (Å²) in [5.41, 5.74) is 5.42. The SMILES string of the molecule is CCC(C)C(C)CCN. The Morgan fingerprint density at radius 2 is 1.78 bits per heavy atom. The minimum absolute atomic E-state index is 0.806. The van der Waals surface area contributed by atoms with Crippen molar-refractivity contribution >= 4 is 0 Å². The minimum Gasteiger partial charge on any atom is -0.330 e. The lowest BCUT2D eigenvalue weighted by atomic mass is 9.91. The first kappa shape index (κ1) is 8.96. The zero-order valence-corrected chi connectivity index (χ0v) is 6.85. The number of rotatable bonds is 4. The van der Waals surface area contributed by atoms with E-state index in [4.69, 9.17) is 5.73 Å². The van der Waals surface area contributed by atoms with Crippen molar-refractivity contribution in [2.45, 2.75) is 33.6 Å². The molecular formula is C8H19N. The fourth-order valence-electron chi connectivity index (χ4n) is 0.950.